The fraction of sp³-hybridized carbons (Fsp3) is 0.625. The van der Waals surface area contributed by atoms with Crippen LogP contribution in [0.3, 0.4) is 0 Å². The number of hydrogen-bond acceptors (Lipinski definition) is 4. The van der Waals surface area contributed by atoms with Crippen molar-refractivity contribution in [3.8, 4) is 5.75 Å². The normalized spacial score (nSPS) is 19.7. The molecule has 0 aromatic heterocycles. The van der Waals surface area contributed by atoms with Gasteiger partial charge in [0.15, 0.2) is 0 Å². The molecule has 2 rings (SSSR count). The number of ether oxygens (including phenoxy) is 1. The van der Waals surface area contributed by atoms with Crippen molar-refractivity contribution in [1.82, 2.24) is 0 Å². The number of fused-ring (bicyclic) bond motifs is 1. The standard InChI is InChI=1S/C16H25NO4S.Na.H/c1-12-11-16(2,3)17(8-5-9-22(18,19)20)15-10-13(21-4)6-7-14(12)15;;/h6-7,10,12H,5,8-9,11H2,1-4H3,(H,18,19,20);;/q;+1;-1. The zero-order valence-electron chi connectivity index (χ0n) is 15.7. The minimum atomic E-state index is -3.91. The van der Waals surface area contributed by atoms with E-state index in [1.54, 1.807) is 7.11 Å². The molecule has 1 N–H and O–H groups in total. The van der Waals surface area contributed by atoms with Crippen molar-refractivity contribution in [3.05, 3.63) is 23.8 Å². The van der Waals surface area contributed by atoms with E-state index in [9.17, 15) is 8.42 Å². The molecule has 0 aliphatic carbocycles. The third kappa shape index (κ3) is 5.10. The average molecular weight is 351 g/mol. The van der Waals surface area contributed by atoms with E-state index in [1.165, 1.54) is 5.56 Å². The van der Waals surface area contributed by atoms with Crippen LogP contribution in [0.2, 0.25) is 0 Å². The number of rotatable bonds is 5. The van der Waals surface area contributed by atoms with E-state index >= 15 is 0 Å². The van der Waals surface area contributed by atoms with Crippen molar-refractivity contribution >= 4 is 15.8 Å². The summed E-state index contributed by atoms with van der Waals surface area (Å²) in [5.41, 5.74) is 2.28. The Labute approximate surface area is 162 Å². The van der Waals surface area contributed by atoms with Crippen molar-refractivity contribution < 1.29 is 48.7 Å². The predicted molar refractivity (Wildman–Crippen MR) is 89.6 cm³/mol. The summed E-state index contributed by atoms with van der Waals surface area (Å²) >= 11 is 0. The van der Waals surface area contributed by atoms with Crippen molar-refractivity contribution in [2.24, 2.45) is 0 Å². The van der Waals surface area contributed by atoms with Gasteiger partial charge in [-0.15, -0.1) is 0 Å². The molecule has 0 saturated carbocycles. The Hall–Kier alpha value is -0.270. The van der Waals surface area contributed by atoms with E-state index in [2.05, 4.69) is 31.7 Å². The molecule has 1 aliphatic heterocycles. The molecule has 126 valence electrons. The molecule has 0 radical (unpaired) electrons. The molecule has 1 aromatic carbocycles. The zero-order valence-corrected chi connectivity index (χ0v) is 17.5. The van der Waals surface area contributed by atoms with Crippen LogP contribution < -0.4 is 39.2 Å². The first-order chi connectivity index (χ1) is 10.1. The molecule has 1 aliphatic rings. The summed E-state index contributed by atoms with van der Waals surface area (Å²) in [4.78, 5) is 2.23. The Morgan fingerprint density at radius 1 is 1.43 bits per heavy atom. The topological polar surface area (TPSA) is 66.8 Å². The van der Waals surface area contributed by atoms with E-state index in [0.29, 0.717) is 18.9 Å². The fourth-order valence-electron chi connectivity index (χ4n) is 3.42. The third-order valence-corrected chi connectivity index (χ3v) is 5.18. The van der Waals surface area contributed by atoms with Gasteiger partial charge in [0.1, 0.15) is 5.75 Å². The number of methoxy groups -OCH3 is 1. The third-order valence-electron chi connectivity index (χ3n) is 4.38. The first-order valence-corrected chi connectivity index (χ1v) is 9.16. The van der Waals surface area contributed by atoms with Crippen LogP contribution in [0.5, 0.6) is 5.75 Å². The second kappa shape index (κ2) is 7.74. The van der Waals surface area contributed by atoms with E-state index in [4.69, 9.17) is 9.29 Å². The number of hydrogen-bond donors (Lipinski definition) is 1. The predicted octanol–water partition coefficient (Wildman–Crippen LogP) is 0.182. The summed E-state index contributed by atoms with van der Waals surface area (Å²) in [7, 11) is -2.27. The molecule has 0 bridgehead atoms. The first-order valence-electron chi connectivity index (χ1n) is 7.55. The molecular weight excluding hydrogens is 325 g/mol. The van der Waals surface area contributed by atoms with Gasteiger partial charge in [-0.3, -0.25) is 4.55 Å². The first kappa shape index (κ1) is 20.8. The Morgan fingerprint density at radius 2 is 2.09 bits per heavy atom. The molecule has 1 unspecified atom stereocenters. The Morgan fingerprint density at radius 3 is 2.65 bits per heavy atom. The van der Waals surface area contributed by atoms with Gasteiger partial charge in [-0.2, -0.15) is 8.42 Å². The van der Waals surface area contributed by atoms with Gasteiger partial charge < -0.3 is 11.1 Å². The minimum Gasteiger partial charge on any atom is -1.00 e. The van der Waals surface area contributed by atoms with Gasteiger partial charge in [0.2, 0.25) is 0 Å². The van der Waals surface area contributed by atoms with E-state index in [1.807, 2.05) is 12.1 Å². The number of benzene rings is 1. The molecule has 23 heavy (non-hydrogen) atoms. The largest absolute Gasteiger partial charge is 1.00 e. The molecule has 1 atom stereocenters. The number of nitrogens with zero attached hydrogens (tertiary/aromatic N) is 1. The fourth-order valence-corrected chi connectivity index (χ4v) is 3.92. The van der Waals surface area contributed by atoms with Crippen molar-refractivity contribution in [1.29, 1.82) is 0 Å². The van der Waals surface area contributed by atoms with Crippen LogP contribution in [-0.4, -0.2) is 37.9 Å². The smallest absolute Gasteiger partial charge is 1.00 e. The van der Waals surface area contributed by atoms with Crippen LogP contribution in [-0.2, 0) is 10.1 Å². The average Bonchev–Trinajstić information content (AvgIpc) is 2.40. The van der Waals surface area contributed by atoms with E-state index in [0.717, 1.165) is 17.9 Å². The molecule has 1 aromatic rings. The maximum absolute atomic E-state index is 10.9. The van der Waals surface area contributed by atoms with Crippen LogP contribution in [0.4, 0.5) is 5.69 Å². The Kier molecular flexibility index (Phi) is 6.99. The molecule has 5 nitrogen and oxygen atoms in total. The van der Waals surface area contributed by atoms with Gasteiger partial charge in [0.05, 0.1) is 12.9 Å². The van der Waals surface area contributed by atoms with Gasteiger partial charge in [-0.25, -0.2) is 0 Å². The van der Waals surface area contributed by atoms with Gasteiger partial charge in [0, 0.05) is 23.8 Å². The Balaban J connectivity index is 0.00000264. The quantitative estimate of drug-likeness (QED) is 0.606. The molecule has 1 heterocycles. The molecule has 0 saturated heterocycles. The van der Waals surface area contributed by atoms with Gasteiger partial charge >= 0.3 is 29.6 Å². The summed E-state index contributed by atoms with van der Waals surface area (Å²) in [5.74, 6) is 1.02. The summed E-state index contributed by atoms with van der Waals surface area (Å²) in [6.07, 6.45) is 1.39. The van der Waals surface area contributed by atoms with E-state index < -0.39 is 10.1 Å². The summed E-state index contributed by atoms with van der Waals surface area (Å²) < 4.78 is 36.2. The maximum atomic E-state index is 10.9. The molecule has 0 amide bonds. The molecule has 0 spiro atoms. The van der Waals surface area contributed by atoms with Crippen molar-refractivity contribution in [3.63, 3.8) is 0 Å². The Bertz CT molecular complexity index is 651. The van der Waals surface area contributed by atoms with Crippen molar-refractivity contribution in [2.45, 2.75) is 45.1 Å². The monoisotopic (exact) mass is 351 g/mol. The van der Waals surface area contributed by atoms with Crippen LogP contribution in [0, 0.1) is 0 Å². The summed E-state index contributed by atoms with van der Waals surface area (Å²) in [5, 5.41) is 0. The van der Waals surface area contributed by atoms with Crippen molar-refractivity contribution in [2.75, 3.05) is 24.3 Å². The van der Waals surface area contributed by atoms with Gasteiger partial charge in [-0.05, 0) is 44.2 Å². The second-order valence-corrected chi connectivity index (χ2v) is 8.21. The number of anilines is 1. The van der Waals surface area contributed by atoms with Crippen LogP contribution >= 0.6 is 0 Å². The van der Waals surface area contributed by atoms with Gasteiger partial charge in [0.25, 0.3) is 10.1 Å². The molecule has 7 heteroatoms. The minimum absolute atomic E-state index is 0. The SMILES string of the molecule is COc1ccc2c(c1)N(CCCS(=O)(=O)O)C(C)(C)CC2C.[H-].[Na+]. The second-order valence-electron chi connectivity index (χ2n) is 6.63. The van der Waals surface area contributed by atoms with Crippen LogP contribution in [0.25, 0.3) is 0 Å². The van der Waals surface area contributed by atoms with Crippen LogP contribution in [0.15, 0.2) is 18.2 Å². The van der Waals surface area contributed by atoms with Crippen LogP contribution in [0.1, 0.15) is 46.5 Å². The summed E-state index contributed by atoms with van der Waals surface area (Å²) in [6, 6.07) is 6.06. The van der Waals surface area contributed by atoms with E-state index in [-0.39, 0.29) is 42.3 Å². The molecule has 0 fully saturated rings. The molecular formula is C16H26NNaO4S. The summed E-state index contributed by atoms with van der Waals surface area (Å²) in [6.45, 7) is 7.13. The van der Waals surface area contributed by atoms with Gasteiger partial charge in [-0.1, -0.05) is 13.0 Å². The zero-order chi connectivity index (χ0) is 16.5. The maximum Gasteiger partial charge on any atom is 1.00 e.